The van der Waals surface area contributed by atoms with E-state index in [1.165, 1.54) is 19.2 Å². The lowest BCUT2D eigenvalue weighted by atomic mass is 10.1. The maximum absolute atomic E-state index is 11.3. The number of nitro groups is 1. The van der Waals surface area contributed by atoms with Crippen molar-refractivity contribution in [2.24, 2.45) is 5.73 Å². The summed E-state index contributed by atoms with van der Waals surface area (Å²) in [4.78, 5) is 34.6. The first kappa shape index (κ1) is 16.6. The van der Waals surface area contributed by atoms with Crippen LogP contribution >= 0.6 is 0 Å². The number of rotatable bonds is 7. The molecule has 0 atom stereocenters. The average Bonchev–Trinajstić information content (AvgIpc) is 2.45. The van der Waals surface area contributed by atoms with Crippen molar-refractivity contribution in [3.63, 3.8) is 0 Å². The van der Waals surface area contributed by atoms with Crippen LogP contribution in [0.3, 0.4) is 0 Å². The third-order valence-electron chi connectivity index (χ3n) is 2.99. The molecular weight excluding hydrogens is 278 g/mol. The molecule has 1 amide bonds. The van der Waals surface area contributed by atoms with Gasteiger partial charge in [-0.25, -0.2) is 0 Å². The lowest BCUT2D eigenvalue weighted by Gasteiger charge is -2.18. The number of hydrogen-bond acceptors (Lipinski definition) is 6. The second-order valence-corrected chi connectivity index (χ2v) is 4.34. The lowest BCUT2D eigenvalue weighted by molar-refractivity contribution is -0.385. The maximum atomic E-state index is 11.3. The van der Waals surface area contributed by atoms with Crippen molar-refractivity contribution in [2.75, 3.05) is 20.2 Å². The number of hydrogen-bond donors (Lipinski definition) is 1. The molecule has 0 fully saturated rings. The molecule has 1 aromatic carbocycles. The lowest BCUT2D eigenvalue weighted by Crippen LogP contribution is -2.30. The highest BCUT2D eigenvalue weighted by Crippen LogP contribution is 2.22. The van der Waals surface area contributed by atoms with E-state index in [9.17, 15) is 19.7 Å². The third kappa shape index (κ3) is 4.53. The summed E-state index contributed by atoms with van der Waals surface area (Å²) in [5.74, 6) is -1.15. The molecule has 1 aromatic rings. The molecule has 8 nitrogen and oxygen atoms in total. The van der Waals surface area contributed by atoms with Crippen molar-refractivity contribution >= 4 is 17.6 Å². The number of methoxy groups -OCH3 is 1. The Morgan fingerprint density at radius 1 is 1.43 bits per heavy atom. The number of nitrogens with zero attached hydrogens (tertiary/aromatic N) is 2. The first-order valence-corrected chi connectivity index (χ1v) is 6.25. The highest BCUT2D eigenvalue weighted by atomic mass is 16.6. The standard InChI is InChI=1S/C13H17N3O5/c1-3-15(8-12(17)21-2)7-10-5-4-9(13(14)18)6-11(10)16(19)20/h4-6H,3,7-8H2,1-2H3,(H2,14,18). The molecule has 0 bridgehead atoms. The van der Waals surface area contributed by atoms with Crippen molar-refractivity contribution in [2.45, 2.75) is 13.5 Å². The van der Waals surface area contributed by atoms with Crippen LogP contribution in [-0.2, 0) is 16.1 Å². The molecule has 2 N–H and O–H groups in total. The number of carbonyl (C=O) groups is 2. The molecule has 0 aliphatic rings. The molecule has 0 spiro atoms. The van der Waals surface area contributed by atoms with Crippen LogP contribution in [0.1, 0.15) is 22.8 Å². The summed E-state index contributed by atoms with van der Waals surface area (Å²) in [6, 6.07) is 4.04. The van der Waals surface area contributed by atoms with E-state index in [-0.39, 0.29) is 24.3 Å². The first-order chi connectivity index (χ1) is 9.88. The van der Waals surface area contributed by atoms with Gasteiger partial charge in [0, 0.05) is 23.7 Å². The summed E-state index contributed by atoms with van der Waals surface area (Å²) in [5.41, 5.74) is 5.38. The largest absolute Gasteiger partial charge is 0.468 e. The predicted octanol–water partition coefficient (Wildman–Crippen LogP) is 0.689. The van der Waals surface area contributed by atoms with Gasteiger partial charge in [0.2, 0.25) is 5.91 Å². The fraction of sp³-hybridized carbons (Fsp3) is 0.385. The zero-order valence-corrected chi connectivity index (χ0v) is 11.9. The number of benzene rings is 1. The molecule has 0 saturated carbocycles. The molecule has 114 valence electrons. The number of amides is 1. The van der Waals surface area contributed by atoms with E-state index in [1.54, 1.807) is 4.90 Å². The van der Waals surface area contributed by atoms with Crippen LogP contribution in [0, 0.1) is 10.1 Å². The van der Waals surface area contributed by atoms with Crippen LogP contribution in [0.5, 0.6) is 0 Å². The van der Waals surface area contributed by atoms with Crippen molar-refractivity contribution < 1.29 is 19.2 Å². The van der Waals surface area contributed by atoms with E-state index in [2.05, 4.69) is 4.74 Å². The van der Waals surface area contributed by atoms with Gasteiger partial charge in [0.25, 0.3) is 5.69 Å². The number of carbonyl (C=O) groups excluding carboxylic acids is 2. The molecule has 0 heterocycles. The van der Waals surface area contributed by atoms with Gasteiger partial charge in [-0.15, -0.1) is 0 Å². The minimum absolute atomic E-state index is 0.0295. The van der Waals surface area contributed by atoms with Gasteiger partial charge in [0.05, 0.1) is 18.6 Å². The Labute approximate surface area is 121 Å². The molecule has 0 saturated heterocycles. The van der Waals surface area contributed by atoms with Crippen LogP contribution in [0.4, 0.5) is 5.69 Å². The van der Waals surface area contributed by atoms with E-state index in [1.807, 2.05) is 6.92 Å². The zero-order chi connectivity index (χ0) is 16.0. The Bertz CT molecular complexity index is 559. The molecule has 0 aromatic heterocycles. The normalized spacial score (nSPS) is 10.4. The van der Waals surface area contributed by atoms with Crippen molar-refractivity contribution in [1.82, 2.24) is 4.90 Å². The molecule has 21 heavy (non-hydrogen) atoms. The summed E-state index contributed by atoms with van der Waals surface area (Å²) >= 11 is 0. The predicted molar refractivity (Wildman–Crippen MR) is 74.6 cm³/mol. The number of nitro benzene ring substituents is 1. The quantitative estimate of drug-likeness (QED) is 0.449. The van der Waals surface area contributed by atoms with Gasteiger partial charge in [-0.05, 0) is 12.6 Å². The average molecular weight is 295 g/mol. The fourth-order valence-electron chi connectivity index (χ4n) is 1.79. The van der Waals surface area contributed by atoms with E-state index in [0.717, 1.165) is 6.07 Å². The minimum atomic E-state index is -0.730. The Morgan fingerprint density at radius 3 is 2.57 bits per heavy atom. The van der Waals surface area contributed by atoms with Gasteiger partial charge >= 0.3 is 5.97 Å². The Kier molecular flexibility index (Phi) is 5.79. The number of nitrogens with two attached hydrogens (primary N) is 1. The van der Waals surface area contributed by atoms with Crippen molar-refractivity contribution in [3.05, 3.63) is 39.4 Å². The third-order valence-corrected chi connectivity index (χ3v) is 2.99. The Hall–Kier alpha value is -2.48. The van der Waals surface area contributed by atoms with Gasteiger partial charge in [-0.1, -0.05) is 13.0 Å². The molecule has 0 aliphatic carbocycles. The van der Waals surface area contributed by atoms with Gasteiger partial charge < -0.3 is 10.5 Å². The second-order valence-electron chi connectivity index (χ2n) is 4.34. The summed E-state index contributed by atoms with van der Waals surface area (Å²) in [6.45, 7) is 2.57. The number of esters is 1. The maximum Gasteiger partial charge on any atom is 0.319 e. The summed E-state index contributed by atoms with van der Waals surface area (Å²) in [6.07, 6.45) is 0. The van der Waals surface area contributed by atoms with Crippen molar-refractivity contribution in [1.29, 1.82) is 0 Å². The van der Waals surface area contributed by atoms with Crippen LogP contribution in [-0.4, -0.2) is 41.9 Å². The highest BCUT2D eigenvalue weighted by Gasteiger charge is 2.19. The molecule has 0 aliphatic heterocycles. The second kappa shape index (κ2) is 7.34. The van der Waals surface area contributed by atoms with Crippen LogP contribution in [0.15, 0.2) is 18.2 Å². The number of likely N-dealkylation sites (N-methyl/N-ethyl adjacent to an activating group) is 1. The van der Waals surface area contributed by atoms with Crippen LogP contribution in [0.25, 0.3) is 0 Å². The van der Waals surface area contributed by atoms with Gasteiger partial charge in [0.15, 0.2) is 0 Å². The monoisotopic (exact) mass is 295 g/mol. The molecule has 1 rings (SSSR count). The molecule has 0 radical (unpaired) electrons. The Balaban J connectivity index is 3.03. The highest BCUT2D eigenvalue weighted by molar-refractivity contribution is 5.93. The van der Waals surface area contributed by atoms with Crippen LogP contribution < -0.4 is 5.73 Å². The van der Waals surface area contributed by atoms with E-state index < -0.39 is 16.8 Å². The summed E-state index contributed by atoms with van der Waals surface area (Å²) in [7, 11) is 1.28. The molecule has 8 heteroatoms. The summed E-state index contributed by atoms with van der Waals surface area (Å²) in [5, 5.41) is 11.1. The van der Waals surface area contributed by atoms with E-state index >= 15 is 0 Å². The van der Waals surface area contributed by atoms with E-state index in [4.69, 9.17) is 5.73 Å². The number of ether oxygens (including phenoxy) is 1. The molecule has 0 unspecified atom stereocenters. The SMILES string of the molecule is CCN(CC(=O)OC)Cc1ccc(C(N)=O)cc1[N+](=O)[O-]. The van der Waals surface area contributed by atoms with Crippen LogP contribution in [0.2, 0.25) is 0 Å². The van der Waals surface area contributed by atoms with Gasteiger partial charge in [0.1, 0.15) is 0 Å². The first-order valence-electron chi connectivity index (χ1n) is 6.25. The van der Waals surface area contributed by atoms with Gasteiger partial charge in [-0.2, -0.15) is 0 Å². The smallest absolute Gasteiger partial charge is 0.319 e. The number of primary amides is 1. The molecular formula is C13H17N3O5. The topological polar surface area (TPSA) is 116 Å². The van der Waals surface area contributed by atoms with E-state index in [0.29, 0.717) is 12.1 Å². The summed E-state index contributed by atoms with van der Waals surface area (Å²) < 4.78 is 4.57. The van der Waals surface area contributed by atoms with Crippen molar-refractivity contribution in [3.8, 4) is 0 Å². The minimum Gasteiger partial charge on any atom is -0.468 e. The Morgan fingerprint density at radius 2 is 2.10 bits per heavy atom. The zero-order valence-electron chi connectivity index (χ0n) is 11.9. The van der Waals surface area contributed by atoms with Gasteiger partial charge in [-0.3, -0.25) is 24.6 Å². The fourth-order valence-corrected chi connectivity index (χ4v) is 1.79.